The van der Waals surface area contributed by atoms with Gasteiger partial charge in [-0.2, -0.15) is 5.26 Å². The molecule has 4 aromatic rings. The van der Waals surface area contributed by atoms with Crippen molar-refractivity contribution in [3.63, 3.8) is 0 Å². The van der Waals surface area contributed by atoms with Crippen molar-refractivity contribution in [1.82, 2.24) is 14.5 Å². The Labute approximate surface area is 192 Å². The van der Waals surface area contributed by atoms with Crippen molar-refractivity contribution in [2.75, 3.05) is 18.5 Å². The van der Waals surface area contributed by atoms with Gasteiger partial charge >= 0.3 is 5.97 Å². The van der Waals surface area contributed by atoms with Crippen LogP contribution in [0.3, 0.4) is 0 Å². The molecule has 0 amide bonds. The lowest BCUT2D eigenvalue weighted by Crippen LogP contribution is -2.12. The summed E-state index contributed by atoms with van der Waals surface area (Å²) in [6, 6.07) is 13.0. The van der Waals surface area contributed by atoms with Crippen LogP contribution < -0.4 is 10.1 Å². The van der Waals surface area contributed by atoms with Crippen molar-refractivity contribution in [2.24, 2.45) is 0 Å². The lowest BCUT2D eigenvalue weighted by Gasteiger charge is -2.10. The summed E-state index contributed by atoms with van der Waals surface area (Å²) < 4.78 is 7.34. The number of hydrogen-bond donors (Lipinski definition) is 2. The Morgan fingerprint density at radius 3 is 2.94 bits per heavy atom. The predicted molar refractivity (Wildman–Crippen MR) is 124 cm³/mol. The van der Waals surface area contributed by atoms with Gasteiger partial charge in [-0.05, 0) is 25.1 Å². The fraction of sp³-hybridized carbons (Fsp3) is 0.182. The minimum atomic E-state index is -1.04. The van der Waals surface area contributed by atoms with E-state index in [2.05, 4.69) is 21.4 Å². The molecule has 1 aromatic carbocycles. The van der Waals surface area contributed by atoms with Crippen LogP contribution in [0.15, 0.2) is 42.7 Å². The predicted octanol–water partition coefficient (Wildman–Crippen LogP) is 4.89. The van der Waals surface area contributed by atoms with Crippen LogP contribution in [-0.4, -0.2) is 38.8 Å². The average Bonchev–Trinajstić information content (AvgIpc) is 3.37. The number of carbonyl (C=O) groups is 1. The minimum absolute atomic E-state index is 0.136. The summed E-state index contributed by atoms with van der Waals surface area (Å²) in [7, 11) is 0. The van der Waals surface area contributed by atoms with Crippen molar-refractivity contribution >= 4 is 45.6 Å². The number of ether oxygens (including phenoxy) is 1. The number of nitrogens with zero attached hydrogens (tertiary/aromatic N) is 4. The molecule has 3 heterocycles. The van der Waals surface area contributed by atoms with Crippen molar-refractivity contribution in [3.8, 4) is 22.4 Å². The van der Waals surface area contributed by atoms with Crippen molar-refractivity contribution in [1.29, 1.82) is 5.26 Å². The Morgan fingerprint density at radius 1 is 1.34 bits per heavy atom. The fourth-order valence-electron chi connectivity index (χ4n) is 3.38. The Balaban J connectivity index is 1.52. The van der Waals surface area contributed by atoms with Gasteiger partial charge in [0, 0.05) is 35.6 Å². The molecule has 0 unspecified atom stereocenters. The van der Waals surface area contributed by atoms with E-state index in [1.54, 1.807) is 31.2 Å². The number of nitriles is 1. The number of nitrogens with one attached hydrogen (secondary N) is 1. The van der Waals surface area contributed by atoms with Gasteiger partial charge in [-0.3, -0.25) is 0 Å². The van der Waals surface area contributed by atoms with Crippen molar-refractivity contribution in [2.45, 2.75) is 13.5 Å². The molecule has 0 radical (unpaired) electrons. The molecule has 0 fully saturated rings. The maximum absolute atomic E-state index is 11.5. The molecule has 4 rings (SSSR count). The summed E-state index contributed by atoms with van der Waals surface area (Å²) in [6.07, 6.45) is 1.42. The third-order valence-electron chi connectivity index (χ3n) is 4.76. The van der Waals surface area contributed by atoms with E-state index >= 15 is 0 Å². The Bertz CT molecular complexity index is 1340. The molecular weight excluding hydrogens is 450 g/mol. The molecule has 162 valence electrons. The van der Waals surface area contributed by atoms with Gasteiger partial charge in [0.25, 0.3) is 0 Å². The number of aromatic nitrogens is 3. The molecule has 32 heavy (non-hydrogen) atoms. The fourth-order valence-corrected chi connectivity index (χ4v) is 4.51. The highest BCUT2D eigenvalue weighted by atomic mass is 35.5. The summed E-state index contributed by atoms with van der Waals surface area (Å²) >= 11 is 7.36. The minimum Gasteiger partial charge on any atom is -0.492 e. The van der Waals surface area contributed by atoms with Crippen LogP contribution >= 0.6 is 22.9 Å². The number of carboxylic acids is 1. The summed E-state index contributed by atoms with van der Waals surface area (Å²) in [6.45, 7) is 3.21. The van der Waals surface area contributed by atoms with Gasteiger partial charge in [0.05, 0.1) is 22.7 Å². The SMILES string of the molecule is CCOc1cc(-c2cc(NCCn3c(C#N)cc4c(Cl)cccc43)ncn2)sc1C(=O)O. The van der Waals surface area contributed by atoms with Gasteiger partial charge in [-0.15, -0.1) is 11.3 Å². The van der Waals surface area contributed by atoms with Gasteiger partial charge in [-0.25, -0.2) is 14.8 Å². The lowest BCUT2D eigenvalue weighted by molar-refractivity contribution is 0.0698. The normalized spacial score (nSPS) is 10.8. The highest BCUT2D eigenvalue weighted by Crippen LogP contribution is 2.36. The van der Waals surface area contributed by atoms with Crippen LogP contribution in [0, 0.1) is 11.3 Å². The number of fused-ring (bicyclic) bond motifs is 1. The van der Waals surface area contributed by atoms with E-state index in [1.807, 2.05) is 16.7 Å². The monoisotopic (exact) mass is 467 g/mol. The third-order valence-corrected chi connectivity index (χ3v) is 6.22. The number of halogens is 1. The van der Waals surface area contributed by atoms with Gasteiger partial charge in [-0.1, -0.05) is 17.7 Å². The maximum Gasteiger partial charge on any atom is 0.349 e. The number of rotatable bonds is 8. The zero-order valence-electron chi connectivity index (χ0n) is 17.0. The summed E-state index contributed by atoms with van der Waals surface area (Å²) in [4.78, 5) is 20.8. The molecule has 3 aromatic heterocycles. The average molecular weight is 468 g/mol. The highest BCUT2D eigenvalue weighted by Gasteiger charge is 2.18. The molecular formula is C22H18ClN5O3S. The molecule has 0 bridgehead atoms. The molecule has 0 atom stereocenters. The number of hydrogen-bond acceptors (Lipinski definition) is 7. The molecule has 0 aliphatic heterocycles. The third kappa shape index (κ3) is 4.23. The van der Waals surface area contributed by atoms with Gasteiger partial charge in [0.15, 0.2) is 4.88 Å². The van der Waals surface area contributed by atoms with Gasteiger partial charge in [0.2, 0.25) is 0 Å². The first-order chi connectivity index (χ1) is 15.5. The van der Waals surface area contributed by atoms with E-state index in [0.717, 1.165) is 22.2 Å². The van der Waals surface area contributed by atoms with Crippen molar-refractivity contribution in [3.05, 3.63) is 58.3 Å². The number of benzene rings is 1. The summed E-state index contributed by atoms with van der Waals surface area (Å²) in [5.74, 6) is -0.119. The quantitative estimate of drug-likeness (QED) is 0.379. The van der Waals surface area contributed by atoms with Crippen molar-refractivity contribution < 1.29 is 14.6 Å². The zero-order chi connectivity index (χ0) is 22.7. The molecule has 0 aliphatic rings. The second-order valence-electron chi connectivity index (χ2n) is 6.72. The Morgan fingerprint density at radius 2 is 2.19 bits per heavy atom. The second kappa shape index (κ2) is 9.26. The number of aromatic carboxylic acids is 1. The lowest BCUT2D eigenvalue weighted by atomic mass is 10.2. The van der Waals surface area contributed by atoms with Crippen LogP contribution in [0.4, 0.5) is 5.82 Å². The molecule has 2 N–H and O–H groups in total. The van der Waals surface area contributed by atoms with Crippen LogP contribution in [-0.2, 0) is 6.54 Å². The first kappa shape index (κ1) is 21.6. The Kier molecular flexibility index (Phi) is 6.25. The number of thiophene rings is 1. The Hall–Kier alpha value is -3.61. The zero-order valence-corrected chi connectivity index (χ0v) is 18.6. The van der Waals surface area contributed by atoms with E-state index in [4.69, 9.17) is 16.3 Å². The first-order valence-corrected chi connectivity index (χ1v) is 10.9. The second-order valence-corrected chi connectivity index (χ2v) is 8.18. The molecule has 0 spiro atoms. The largest absolute Gasteiger partial charge is 0.492 e. The number of carboxylic acid groups (broad SMARTS) is 1. The van der Waals surface area contributed by atoms with E-state index in [1.165, 1.54) is 6.33 Å². The van der Waals surface area contributed by atoms with E-state index < -0.39 is 5.97 Å². The van der Waals surface area contributed by atoms with Crippen LogP contribution in [0.1, 0.15) is 22.3 Å². The van der Waals surface area contributed by atoms with E-state index in [0.29, 0.717) is 52.6 Å². The molecule has 0 saturated carbocycles. The molecule has 10 heteroatoms. The first-order valence-electron chi connectivity index (χ1n) is 9.76. The van der Waals surface area contributed by atoms with Crippen LogP contribution in [0.5, 0.6) is 5.75 Å². The van der Waals surface area contributed by atoms with Crippen LogP contribution in [0.2, 0.25) is 5.02 Å². The smallest absolute Gasteiger partial charge is 0.349 e. The summed E-state index contributed by atoms with van der Waals surface area (Å²) in [5, 5.41) is 23.6. The molecule has 8 nitrogen and oxygen atoms in total. The molecule has 0 saturated heterocycles. The van der Waals surface area contributed by atoms with Gasteiger partial charge < -0.3 is 19.7 Å². The van der Waals surface area contributed by atoms with E-state index in [-0.39, 0.29) is 4.88 Å². The highest BCUT2D eigenvalue weighted by molar-refractivity contribution is 7.17. The van der Waals surface area contributed by atoms with E-state index in [9.17, 15) is 15.2 Å². The van der Waals surface area contributed by atoms with Gasteiger partial charge in [0.1, 0.15) is 29.7 Å². The summed E-state index contributed by atoms with van der Waals surface area (Å²) in [5.41, 5.74) is 2.01. The number of anilines is 1. The molecule has 0 aliphatic carbocycles. The maximum atomic E-state index is 11.5. The topological polar surface area (TPSA) is 113 Å². The van der Waals surface area contributed by atoms with Crippen LogP contribution in [0.25, 0.3) is 21.5 Å². The standard InChI is InChI=1S/C22H18ClN5O3S/c1-2-31-18-10-19(32-21(18)22(29)30)16-9-20(27-12-26-16)25-6-7-28-13(11-24)8-14-15(23)4-3-5-17(14)28/h3-5,8-10,12H,2,6-7H2,1H3,(H,29,30)(H,25,26,27).